The van der Waals surface area contributed by atoms with Gasteiger partial charge >= 0.3 is 0 Å². The van der Waals surface area contributed by atoms with Gasteiger partial charge < -0.3 is 10.6 Å². The summed E-state index contributed by atoms with van der Waals surface area (Å²) in [5.41, 5.74) is 2.16. The topological polar surface area (TPSA) is 41.9 Å². The minimum atomic E-state index is 0.436. The number of hydrogen-bond donors (Lipinski definition) is 2. The maximum absolute atomic E-state index is 4.59. The van der Waals surface area contributed by atoms with E-state index in [4.69, 9.17) is 0 Å². The van der Waals surface area contributed by atoms with Gasteiger partial charge in [0, 0.05) is 25.3 Å². The Kier molecular flexibility index (Phi) is 5.96. The van der Waals surface area contributed by atoms with E-state index in [1.54, 1.807) is 0 Å². The molecule has 1 aromatic carbocycles. The molecule has 1 unspecified atom stereocenters. The summed E-state index contributed by atoms with van der Waals surface area (Å²) in [5, 5.41) is 11.6. The van der Waals surface area contributed by atoms with Gasteiger partial charge in [-0.05, 0) is 37.6 Å². The average molecular weight is 286 g/mol. The molecule has 0 radical (unpaired) electrons. The van der Waals surface area contributed by atoms with Gasteiger partial charge in [0.25, 0.3) is 0 Å². The molecule has 0 spiro atoms. The minimum Gasteiger partial charge on any atom is -0.315 e. The van der Waals surface area contributed by atoms with E-state index in [0.717, 1.165) is 31.0 Å². The highest BCUT2D eigenvalue weighted by Gasteiger charge is 2.04. The number of para-hydroxylation sites is 1. The first-order chi connectivity index (χ1) is 10.1. The summed E-state index contributed by atoms with van der Waals surface area (Å²) in [6, 6.07) is 12.7. The lowest BCUT2D eigenvalue weighted by Crippen LogP contribution is -2.37. The average Bonchev–Trinajstić information content (AvgIpc) is 2.94. The third-order valence-electron chi connectivity index (χ3n) is 3.30. The van der Waals surface area contributed by atoms with Crippen LogP contribution in [0.25, 0.3) is 5.69 Å². The highest BCUT2D eigenvalue weighted by Crippen LogP contribution is 2.06. The van der Waals surface area contributed by atoms with Crippen molar-refractivity contribution in [2.75, 3.05) is 13.1 Å². The molecule has 0 bridgehead atoms. The number of benzene rings is 1. The van der Waals surface area contributed by atoms with Crippen LogP contribution in [0.1, 0.15) is 26.5 Å². The van der Waals surface area contributed by atoms with Crippen LogP contribution in [-0.2, 0) is 6.54 Å². The molecule has 114 valence electrons. The first-order valence-corrected chi connectivity index (χ1v) is 7.69. The molecule has 2 aromatic rings. The van der Waals surface area contributed by atoms with Crippen molar-refractivity contribution in [1.82, 2.24) is 20.4 Å². The van der Waals surface area contributed by atoms with Crippen molar-refractivity contribution < 1.29 is 0 Å². The standard InChI is InChI=1S/C17H26N4/c1-14(2)11-18-12-15(3)19-13-16-9-10-21(20-16)17-7-5-4-6-8-17/h4-10,14-15,18-19H,11-13H2,1-3H3. The van der Waals surface area contributed by atoms with E-state index < -0.39 is 0 Å². The molecule has 4 nitrogen and oxygen atoms in total. The van der Waals surface area contributed by atoms with Crippen molar-refractivity contribution in [3.05, 3.63) is 48.3 Å². The molecular formula is C17H26N4. The molecular weight excluding hydrogens is 260 g/mol. The van der Waals surface area contributed by atoms with E-state index in [1.807, 2.05) is 29.1 Å². The zero-order valence-corrected chi connectivity index (χ0v) is 13.2. The van der Waals surface area contributed by atoms with Crippen molar-refractivity contribution in [2.24, 2.45) is 5.92 Å². The van der Waals surface area contributed by atoms with E-state index in [9.17, 15) is 0 Å². The predicted molar refractivity (Wildman–Crippen MR) is 87.6 cm³/mol. The van der Waals surface area contributed by atoms with Crippen molar-refractivity contribution in [3.8, 4) is 5.69 Å². The Bertz CT molecular complexity index is 519. The molecule has 0 saturated heterocycles. The second kappa shape index (κ2) is 7.96. The molecule has 21 heavy (non-hydrogen) atoms. The summed E-state index contributed by atoms with van der Waals surface area (Å²) in [6.45, 7) is 9.49. The molecule has 1 heterocycles. The van der Waals surface area contributed by atoms with E-state index in [1.165, 1.54) is 0 Å². The van der Waals surface area contributed by atoms with Crippen molar-refractivity contribution in [3.63, 3.8) is 0 Å². The minimum absolute atomic E-state index is 0.436. The molecule has 4 heteroatoms. The number of nitrogens with zero attached hydrogens (tertiary/aromatic N) is 2. The molecule has 1 aromatic heterocycles. The van der Waals surface area contributed by atoms with Crippen LogP contribution in [0.4, 0.5) is 0 Å². The molecule has 1 atom stereocenters. The second-order valence-electron chi connectivity index (χ2n) is 5.92. The van der Waals surface area contributed by atoms with Gasteiger partial charge in [-0.1, -0.05) is 32.0 Å². The predicted octanol–water partition coefficient (Wildman–Crippen LogP) is 2.60. The molecule has 0 amide bonds. The lowest BCUT2D eigenvalue weighted by Gasteiger charge is -2.15. The van der Waals surface area contributed by atoms with Gasteiger partial charge in [-0.15, -0.1) is 0 Å². The number of rotatable bonds is 8. The Balaban J connectivity index is 1.78. The number of hydrogen-bond acceptors (Lipinski definition) is 3. The monoisotopic (exact) mass is 286 g/mol. The Morgan fingerprint density at radius 1 is 1.05 bits per heavy atom. The van der Waals surface area contributed by atoms with Crippen LogP contribution in [0.3, 0.4) is 0 Å². The lowest BCUT2D eigenvalue weighted by atomic mass is 10.2. The largest absolute Gasteiger partial charge is 0.315 e. The van der Waals surface area contributed by atoms with Gasteiger partial charge in [0.15, 0.2) is 0 Å². The van der Waals surface area contributed by atoms with Gasteiger partial charge in [0.1, 0.15) is 0 Å². The third-order valence-corrected chi connectivity index (χ3v) is 3.30. The molecule has 0 saturated carbocycles. The highest BCUT2D eigenvalue weighted by atomic mass is 15.3. The maximum atomic E-state index is 4.59. The number of nitrogens with one attached hydrogen (secondary N) is 2. The zero-order valence-electron chi connectivity index (χ0n) is 13.2. The summed E-state index contributed by atoms with van der Waals surface area (Å²) < 4.78 is 1.92. The van der Waals surface area contributed by atoms with E-state index in [0.29, 0.717) is 12.0 Å². The molecule has 0 aliphatic rings. The third kappa shape index (κ3) is 5.33. The molecule has 0 fully saturated rings. The Morgan fingerprint density at radius 3 is 2.52 bits per heavy atom. The van der Waals surface area contributed by atoms with Crippen LogP contribution in [0.5, 0.6) is 0 Å². The second-order valence-corrected chi connectivity index (χ2v) is 5.92. The summed E-state index contributed by atoms with van der Waals surface area (Å²) in [7, 11) is 0. The van der Waals surface area contributed by atoms with E-state index in [-0.39, 0.29) is 0 Å². The lowest BCUT2D eigenvalue weighted by molar-refractivity contribution is 0.469. The molecule has 2 rings (SSSR count). The number of aromatic nitrogens is 2. The first kappa shape index (κ1) is 15.7. The van der Waals surface area contributed by atoms with Gasteiger partial charge in [0.2, 0.25) is 0 Å². The Hall–Kier alpha value is -1.65. The first-order valence-electron chi connectivity index (χ1n) is 7.69. The fraction of sp³-hybridized carbons (Fsp3) is 0.471. The maximum Gasteiger partial charge on any atom is 0.0766 e. The summed E-state index contributed by atoms with van der Waals surface area (Å²) in [4.78, 5) is 0. The summed E-state index contributed by atoms with van der Waals surface area (Å²) in [5.74, 6) is 0.693. The smallest absolute Gasteiger partial charge is 0.0766 e. The van der Waals surface area contributed by atoms with Crippen LogP contribution in [0.15, 0.2) is 42.6 Å². The van der Waals surface area contributed by atoms with Crippen LogP contribution in [0.2, 0.25) is 0 Å². The molecule has 2 N–H and O–H groups in total. The Labute approximate surface area is 127 Å². The van der Waals surface area contributed by atoms with Gasteiger partial charge in [0.05, 0.1) is 11.4 Å². The Morgan fingerprint density at radius 2 is 1.81 bits per heavy atom. The zero-order chi connectivity index (χ0) is 15.1. The molecule has 0 aliphatic carbocycles. The van der Waals surface area contributed by atoms with E-state index >= 15 is 0 Å². The van der Waals surface area contributed by atoms with Gasteiger partial charge in [-0.25, -0.2) is 4.68 Å². The van der Waals surface area contributed by atoms with Gasteiger partial charge in [-0.3, -0.25) is 0 Å². The SMILES string of the molecule is CC(C)CNCC(C)NCc1ccn(-c2ccccc2)n1. The summed E-state index contributed by atoms with van der Waals surface area (Å²) >= 11 is 0. The van der Waals surface area contributed by atoms with Crippen LogP contribution < -0.4 is 10.6 Å². The van der Waals surface area contributed by atoms with Crippen molar-refractivity contribution in [2.45, 2.75) is 33.4 Å². The highest BCUT2D eigenvalue weighted by molar-refractivity contribution is 5.30. The normalized spacial score (nSPS) is 12.8. The van der Waals surface area contributed by atoms with Crippen molar-refractivity contribution in [1.29, 1.82) is 0 Å². The fourth-order valence-electron chi connectivity index (χ4n) is 2.12. The van der Waals surface area contributed by atoms with E-state index in [2.05, 4.69) is 54.7 Å². The molecule has 0 aliphatic heterocycles. The van der Waals surface area contributed by atoms with Crippen LogP contribution in [0, 0.1) is 5.92 Å². The fourth-order valence-corrected chi connectivity index (χ4v) is 2.12. The van der Waals surface area contributed by atoms with Crippen LogP contribution >= 0.6 is 0 Å². The van der Waals surface area contributed by atoms with Gasteiger partial charge in [-0.2, -0.15) is 5.10 Å². The van der Waals surface area contributed by atoms with Crippen LogP contribution in [-0.4, -0.2) is 28.9 Å². The summed E-state index contributed by atoms with van der Waals surface area (Å²) in [6.07, 6.45) is 2.01. The van der Waals surface area contributed by atoms with Crippen molar-refractivity contribution >= 4 is 0 Å². The quantitative estimate of drug-likeness (QED) is 0.784.